The van der Waals surface area contributed by atoms with Crippen molar-refractivity contribution in [1.82, 2.24) is 10.7 Å². The van der Waals surface area contributed by atoms with Crippen LogP contribution in [0.3, 0.4) is 0 Å². The van der Waals surface area contributed by atoms with E-state index in [2.05, 4.69) is 31.8 Å². The molecule has 3 aromatic carbocycles. The molecule has 0 aliphatic carbocycles. The maximum absolute atomic E-state index is 14.0. The largest absolute Gasteiger partial charge is 0.488 e. The lowest BCUT2D eigenvalue weighted by Gasteiger charge is -2.20. The molecule has 10 heteroatoms. The molecule has 3 rings (SSSR count). The fourth-order valence-electron chi connectivity index (χ4n) is 3.18. The van der Waals surface area contributed by atoms with Crippen LogP contribution < -0.4 is 15.5 Å². The molecule has 0 saturated carbocycles. The van der Waals surface area contributed by atoms with Gasteiger partial charge in [-0.3, -0.25) is 9.59 Å². The SMILES string of the molecule is CC(C)C(NC(=O)c1ccccc1F)C(=O)N/N=C/c1cc(Br)ccc1OCc1ccc(Cl)cc1Cl. The van der Waals surface area contributed by atoms with E-state index in [0.29, 0.717) is 21.4 Å². The van der Waals surface area contributed by atoms with Gasteiger partial charge < -0.3 is 10.1 Å². The minimum absolute atomic E-state index is 0.142. The van der Waals surface area contributed by atoms with Crippen LogP contribution in [0.4, 0.5) is 4.39 Å². The molecule has 0 radical (unpaired) electrons. The van der Waals surface area contributed by atoms with Crippen LogP contribution in [0, 0.1) is 11.7 Å². The van der Waals surface area contributed by atoms with Gasteiger partial charge in [0.1, 0.15) is 24.2 Å². The summed E-state index contributed by atoms with van der Waals surface area (Å²) in [6.07, 6.45) is 1.43. The Balaban J connectivity index is 1.68. The van der Waals surface area contributed by atoms with E-state index in [-0.39, 0.29) is 18.1 Å². The van der Waals surface area contributed by atoms with E-state index in [9.17, 15) is 14.0 Å². The molecular weight excluding hydrogens is 572 g/mol. The molecule has 188 valence electrons. The Kier molecular flexibility index (Phi) is 9.87. The van der Waals surface area contributed by atoms with Gasteiger partial charge in [-0.05, 0) is 48.4 Å². The number of halogens is 4. The molecule has 0 aliphatic heterocycles. The first kappa shape index (κ1) is 27.6. The smallest absolute Gasteiger partial charge is 0.262 e. The first-order valence-corrected chi connectivity index (χ1v) is 12.4. The molecule has 1 unspecified atom stereocenters. The maximum Gasteiger partial charge on any atom is 0.262 e. The molecule has 2 amide bonds. The number of nitrogens with zero attached hydrogens (tertiary/aromatic N) is 1. The van der Waals surface area contributed by atoms with Gasteiger partial charge in [0.25, 0.3) is 11.8 Å². The quantitative estimate of drug-likeness (QED) is 0.223. The summed E-state index contributed by atoms with van der Waals surface area (Å²) in [4.78, 5) is 25.2. The third-order valence-electron chi connectivity index (χ3n) is 5.10. The van der Waals surface area contributed by atoms with E-state index < -0.39 is 23.7 Å². The van der Waals surface area contributed by atoms with Gasteiger partial charge in [-0.2, -0.15) is 5.10 Å². The number of rotatable bonds is 9. The van der Waals surface area contributed by atoms with E-state index in [1.165, 1.54) is 24.4 Å². The normalized spacial score (nSPS) is 12.0. The molecule has 0 aromatic heterocycles. The summed E-state index contributed by atoms with van der Waals surface area (Å²) in [5.74, 6) is -1.66. The second kappa shape index (κ2) is 12.9. The lowest BCUT2D eigenvalue weighted by atomic mass is 10.0. The molecule has 0 bridgehead atoms. The van der Waals surface area contributed by atoms with Crippen molar-refractivity contribution in [3.8, 4) is 5.75 Å². The number of hydrogen-bond donors (Lipinski definition) is 2. The van der Waals surface area contributed by atoms with Gasteiger partial charge in [0.15, 0.2) is 0 Å². The zero-order valence-corrected chi connectivity index (χ0v) is 22.5. The molecule has 36 heavy (non-hydrogen) atoms. The zero-order chi connectivity index (χ0) is 26.2. The summed E-state index contributed by atoms with van der Waals surface area (Å²) in [5, 5.41) is 7.62. The highest BCUT2D eigenvalue weighted by molar-refractivity contribution is 9.10. The lowest BCUT2D eigenvalue weighted by Crippen LogP contribution is -2.48. The van der Waals surface area contributed by atoms with E-state index in [1.54, 1.807) is 50.2 Å². The van der Waals surface area contributed by atoms with E-state index in [4.69, 9.17) is 27.9 Å². The Morgan fingerprint density at radius 3 is 2.56 bits per heavy atom. The van der Waals surface area contributed by atoms with Crippen LogP contribution in [0.25, 0.3) is 0 Å². The minimum Gasteiger partial charge on any atom is -0.488 e. The molecule has 0 fully saturated rings. The van der Waals surface area contributed by atoms with Crippen molar-refractivity contribution in [2.75, 3.05) is 0 Å². The Hall–Kier alpha value is -2.94. The van der Waals surface area contributed by atoms with E-state index >= 15 is 0 Å². The van der Waals surface area contributed by atoms with Gasteiger partial charge >= 0.3 is 0 Å². The fourth-order valence-corrected chi connectivity index (χ4v) is 4.02. The van der Waals surface area contributed by atoms with Gasteiger partial charge in [0, 0.05) is 25.6 Å². The third kappa shape index (κ3) is 7.53. The number of amides is 2. The molecular formula is C26H23BrCl2FN3O3. The van der Waals surface area contributed by atoms with E-state index in [1.807, 2.05) is 6.07 Å². The fraction of sp³-hybridized carbons (Fsp3) is 0.192. The van der Waals surface area contributed by atoms with Crippen LogP contribution in [0.5, 0.6) is 5.75 Å². The van der Waals surface area contributed by atoms with Crippen LogP contribution in [-0.2, 0) is 11.4 Å². The maximum atomic E-state index is 14.0. The summed E-state index contributed by atoms with van der Waals surface area (Å²) in [6, 6.07) is 15.1. The summed E-state index contributed by atoms with van der Waals surface area (Å²) < 4.78 is 20.6. The van der Waals surface area contributed by atoms with Gasteiger partial charge in [0.2, 0.25) is 0 Å². The van der Waals surface area contributed by atoms with Crippen molar-refractivity contribution in [3.05, 3.63) is 97.7 Å². The molecule has 1 atom stereocenters. The molecule has 0 aliphatic rings. The van der Waals surface area contributed by atoms with Crippen LogP contribution in [0.2, 0.25) is 10.0 Å². The summed E-state index contributed by atoms with van der Waals surface area (Å²) in [5.41, 5.74) is 3.64. The topological polar surface area (TPSA) is 79.8 Å². The molecule has 3 aromatic rings. The van der Waals surface area contributed by atoms with Crippen LogP contribution in [0.1, 0.15) is 35.3 Å². The van der Waals surface area contributed by atoms with E-state index in [0.717, 1.165) is 10.0 Å². The Morgan fingerprint density at radius 2 is 1.86 bits per heavy atom. The number of benzene rings is 3. The van der Waals surface area contributed by atoms with Gasteiger partial charge in [-0.15, -0.1) is 0 Å². The predicted molar refractivity (Wildman–Crippen MR) is 143 cm³/mol. The van der Waals surface area contributed by atoms with Crippen molar-refractivity contribution in [3.63, 3.8) is 0 Å². The highest BCUT2D eigenvalue weighted by Gasteiger charge is 2.25. The lowest BCUT2D eigenvalue weighted by molar-refractivity contribution is -0.123. The third-order valence-corrected chi connectivity index (χ3v) is 6.18. The summed E-state index contributed by atoms with van der Waals surface area (Å²) >= 11 is 15.6. The minimum atomic E-state index is -0.931. The molecule has 0 heterocycles. The van der Waals surface area contributed by atoms with Crippen molar-refractivity contribution < 1.29 is 18.7 Å². The van der Waals surface area contributed by atoms with Gasteiger partial charge in [-0.1, -0.05) is 71.2 Å². The van der Waals surface area contributed by atoms with Crippen molar-refractivity contribution >= 4 is 57.2 Å². The van der Waals surface area contributed by atoms with Gasteiger partial charge in [0.05, 0.1) is 11.8 Å². The van der Waals surface area contributed by atoms with Crippen LogP contribution in [-0.4, -0.2) is 24.1 Å². The Bertz CT molecular complexity index is 1290. The molecule has 6 nitrogen and oxygen atoms in total. The number of hydrazone groups is 1. The molecule has 0 spiro atoms. The van der Waals surface area contributed by atoms with Crippen molar-refractivity contribution in [2.45, 2.75) is 26.5 Å². The average Bonchev–Trinajstić information content (AvgIpc) is 2.82. The van der Waals surface area contributed by atoms with Crippen molar-refractivity contribution in [2.24, 2.45) is 11.0 Å². The molecule has 2 N–H and O–H groups in total. The highest BCUT2D eigenvalue weighted by atomic mass is 79.9. The Morgan fingerprint density at radius 1 is 1.11 bits per heavy atom. The average molecular weight is 595 g/mol. The second-order valence-electron chi connectivity index (χ2n) is 8.12. The number of carbonyl (C=O) groups excluding carboxylic acids is 2. The summed E-state index contributed by atoms with van der Waals surface area (Å²) in [6.45, 7) is 3.72. The van der Waals surface area contributed by atoms with Crippen molar-refractivity contribution in [1.29, 1.82) is 0 Å². The number of hydrogen-bond acceptors (Lipinski definition) is 4. The second-order valence-corrected chi connectivity index (χ2v) is 9.88. The first-order valence-electron chi connectivity index (χ1n) is 10.9. The zero-order valence-electron chi connectivity index (χ0n) is 19.4. The summed E-state index contributed by atoms with van der Waals surface area (Å²) in [7, 11) is 0. The number of ether oxygens (including phenoxy) is 1. The number of carbonyl (C=O) groups is 2. The molecule has 0 saturated heterocycles. The standard InChI is InChI=1S/C26H23BrCl2FN3O3/c1-15(2)24(32-25(34)20-5-3-4-6-22(20)30)26(35)33-31-13-17-11-18(27)8-10-23(17)36-14-16-7-9-19(28)12-21(16)29/h3-13,15,24H,14H2,1-2H3,(H,32,34)(H,33,35)/b31-13+. The Labute approximate surface area is 227 Å². The van der Waals surface area contributed by atoms with Gasteiger partial charge in [-0.25, -0.2) is 9.82 Å². The monoisotopic (exact) mass is 593 g/mol. The predicted octanol–water partition coefficient (Wildman–Crippen LogP) is 6.38. The van der Waals surface area contributed by atoms with Crippen LogP contribution >= 0.6 is 39.1 Å². The number of nitrogens with one attached hydrogen (secondary N) is 2. The first-order chi connectivity index (χ1) is 17.2. The van der Waals surface area contributed by atoms with Crippen LogP contribution in [0.15, 0.2) is 70.2 Å². The highest BCUT2D eigenvalue weighted by Crippen LogP contribution is 2.26.